The first kappa shape index (κ1) is 13.7. The molecule has 1 saturated heterocycles. The number of carbonyl (C=O) groups is 2. The molecule has 21 heavy (non-hydrogen) atoms. The van der Waals surface area contributed by atoms with E-state index in [2.05, 4.69) is 0 Å². The van der Waals surface area contributed by atoms with Crippen molar-refractivity contribution in [3.8, 4) is 11.5 Å². The van der Waals surface area contributed by atoms with E-state index in [0.29, 0.717) is 24.7 Å². The molecule has 3 rings (SSSR count). The van der Waals surface area contributed by atoms with Crippen LogP contribution in [0.15, 0.2) is 18.2 Å². The highest BCUT2D eigenvalue weighted by Gasteiger charge is 2.40. The van der Waals surface area contributed by atoms with E-state index in [-0.39, 0.29) is 18.5 Å². The molecule has 7 nitrogen and oxygen atoms in total. The number of hydrogen-bond donors (Lipinski definition) is 2. The number of rotatable bonds is 2. The summed E-state index contributed by atoms with van der Waals surface area (Å²) in [6.07, 6.45) is -0.792. The van der Waals surface area contributed by atoms with Crippen molar-refractivity contribution in [3.05, 3.63) is 23.8 Å². The summed E-state index contributed by atoms with van der Waals surface area (Å²) in [6, 6.07) is 3.90. The van der Waals surface area contributed by atoms with Crippen molar-refractivity contribution in [1.82, 2.24) is 4.90 Å². The van der Waals surface area contributed by atoms with Crippen molar-refractivity contribution in [3.63, 3.8) is 0 Å². The summed E-state index contributed by atoms with van der Waals surface area (Å²) in [4.78, 5) is 25.0. The molecule has 2 atom stereocenters. The zero-order valence-electron chi connectivity index (χ0n) is 11.2. The van der Waals surface area contributed by atoms with Gasteiger partial charge in [0, 0.05) is 13.0 Å². The quantitative estimate of drug-likeness (QED) is 0.804. The minimum absolute atomic E-state index is 0.000322. The second-order valence-corrected chi connectivity index (χ2v) is 5.03. The number of benzene rings is 1. The van der Waals surface area contributed by atoms with Gasteiger partial charge in [-0.2, -0.15) is 0 Å². The van der Waals surface area contributed by atoms with E-state index in [0.717, 1.165) is 0 Å². The molecule has 1 amide bonds. The summed E-state index contributed by atoms with van der Waals surface area (Å²) in [5, 5.41) is 18.8. The lowest BCUT2D eigenvalue weighted by Crippen LogP contribution is -2.40. The largest absolute Gasteiger partial charge is 0.486 e. The molecule has 0 saturated carbocycles. The van der Waals surface area contributed by atoms with E-state index in [9.17, 15) is 19.8 Å². The SMILES string of the molecule is O=C(O)[C@H]1C[C@@H](O)CN1C(=O)c1cccc2c1OCCO2. The molecule has 2 heterocycles. The predicted molar refractivity (Wildman–Crippen MR) is 70.5 cm³/mol. The lowest BCUT2D eigenvalue weighted by molar-refractivity contribution is -0.141. The van der Waals surface area contributed by atoms with Crippen molar-refractivity contribution >= 4 is 11.9 Å². The van der Waals surface area contributed by atoms with Gasteiger partial charge in [-0.3, -0.25) is 4.79 Å². The molecule has 1 fully saturated rings. The van der Waals surface area contributed by atoms with Gasteiger partial charge in [0.15, 0.2) is 11.5 Å². The molecule has 2 aliphatic rings. The Morgan fingerprint density at radius 2 is 2.00 bits per heavy atom. The molecular weight excluding hydrogens is 278 g/mol. The van der Waals surface area contributed by atoms with Crippen molar-refractivity contribution in [1.29, 1.82) is 0 Å². The fraction of sp³-hybridized carbons (Fsp3) is 0.429. The number of hydrogen-bond acceptors (Lipinski definition) is 5. The van der Waals surface area contributed by atoms with Crippen molar-refractivity contribution < 1.29 is 29.3 Å². The average Bonchev–Trinajstić information content (AvgIpc) is 2.88. The molecule has 0 spiro atoms. The highest BCUT2D eigenvalue weighted by atomic mass is 16.6. The fourth-order valence-electron chi connectivity index (χ4n) is 2.67. The summed E-state index contributed by atoms with van der Waals surface area (Å²) >= 11 is 0. The Kier molecular flexibility index (Phi) is 3.42. The van der Waals surface area contributed by atoms with Gasteiger partial charge in [-0.25, -0.2) is 4.79 Å². The highest BCUT2D eigenvalue weighted by Crippen LogP contribution is 2.35. The minimum Gasteiger partial charge on any atom is -0.486 e. The monoisotopic (exact) mass is 293 g/mol. The normalized spacial score (nSPS) is 24.0. The van der Waals surface area contributed by atoms with Gasteiger partial charge in [-0.05, 0) is 12.1 Å². The maximum Gasteiger partial charge on any atom is 0.326 e. The number of nitrogens with zero attached hydrogens (tertiary/aromatic N) is 1. The van der Waals surface area contributed by atoms with Crippen LogP contribution in [0.2, 0.25) is 0 Å². The molecular formula is C14H15NO6. The van der Waals surface area contributed by atoms with Gasteiger partial charge in [0.05, 0.1) is 11.7 Å². The van der Waals surface area contributed by atoms with E-state index < -0.39 is 24.0 Å². The third-order valence-electron chi connectivity index (χ3n) is 3.62. The van der Waals surface area contributed by atoms with Gasteiger partial charge in [0.25, 0.3) is 5.91 Å². The zero-order chi connectivity index (χ0) is 15.0. The third kappa shape index (κ3) is 2.40. The highest BCUT2D eigenvalue weighted by molar-refractivity contribution is 6.00. The second-order valence-electron chi connectivity index (χ2n) is 5.03. The Balaban J connectivity index is 1.93. The van der Waals surface area contributed by atoms with Crippen LogP contribution in [0.4, 0.5) is 0 Å². The Morgan fingerprint density at radius 1 is 1.24 bits per heavy atom. The molecule has 1 aromatic rings. The number of likely N-dealkylation sites (tertiary alicyclic amines) is 1. The Hall–Kier alpha value is -2.28. The fourth-order valence-corrected chi connectivity index (χ4v) is 2.67. The molecule has 0 unspecified atom stereocenters. The number of amides is 1. The van der Waals surface area contributed by atoms with E-state index >= 15 is 0 Å². The topological polar surface area (TPSA) is 96.3 Å². The lowest BCUT2D eigenvalue weighted by atomic mass is 10.1. The number of carboxylic acids is 1. The summed E-state index contributed by atoms with van der Waals surface area (Å²) in [7, 11) is 0. The van der Waals surface area contributed by atoms with Crippen LogP contribution in [0, 0.1) is 0 Å². The van der Waals surface area contributed by atoms with Gasteiger partial charge in [0.1, 0.15) is 19.3 Å². The van der Waals surface area contributed by atoms with Crippen LogP contribution in [0.1, 0.15) is 16.8 Å². The summed E-state index contributed by atoms with van der Waals surface area (Å²) in [6.45, 7) is 0.743. The first-order valence-electron chi connectivity index (χ1n) is 6.68. The Bertz CT molecular complexity index is 587. The molecule has 1 aromatic carbocycles. The lowest BCUT2D eigenvalue weighted by Gasteiger charge is -2.25. The molecule has 2 aliphatic heterocycles. The Labute approximate surface area is 120 Å². The summed E-state index contributed by atoms with van der Waals surface area (Å²) in [5.74, 6) is -0.791. The number of β-amino-alcohol motifs (C(OH)–C–C–N with tert-alkyl or cyclic N) is 1. The van der Waals surface area contributed by atoms with E-state index in [4.69, 9.17) is 9.47 Å². The smallest absolute Gasteiger partial charge is 0.326 e. The van der Waals surface area contributed by atoms with Crippen LogP contribution in [0.5, 0.6) is 11.5 Å². The molecule has 0 bridgehead atoms. The number of carbonyl (C=O) groups excluding carboxylic acids is 1. The molecule has 7 heteroatoms. The van der Waals surface area contributed by atoms with Crippen LogP contribution in [0.25, 0.3) is 0 Å². The summed E-state index contributed by atoms with van der Waals surface area (Å²) in [5.41, 5.74) is 0.257. The van der Waals surface area contributed by atoms with Gasteiger partial charge in [0.2, 0.25) is 0 Å². The van der Waals surface area contributed by atoms with Gasteiger partial charge >= 0.3 is 5.97 Å². The third-order valence-corrected chi connectivity index (χ3v) is 3.62. The molecule has 2 N–H and O–H groups in total. The summed E-state index contributed by atoms with van der Waals surface area (Å²) < 4.78 is 10.9. The first-order valence-corrected chi connectivity index (χ1v) is 6.68. The van der Waals surface area contributed by atoms with E-state index in [1.165, 1.54) is 4.90 Å². The van der Waals surface area contributed by atoms with Crippen molar-refractivity contribution in [2.45, 2.75) is 18.6 Å². The van der Waals surface area contributed by atoms with Crippen molar-refractivity contribution in [2.75, 3.05) is 19.8 Å². The second kappa shape index (κ2) is 5.25. The Morgan fingerprint density at radius 3 is 2.76 bits per heavy atom. The number of carboxylic acid groups (broad SMARTS) is 1. The van der Waals surface area contributed by atoms with Crippen LogP contribution >= 0.6 is 0 Å². The molecule has 112 valence electrons. The number of aliphatic hydroxyl groups is 1. The average molecular weight is 293 g/mol. The van der Waals surface area contributed by atoms with Crippen LogP contribution in [-0.2, 0) is 4.79 Å². The number of aliphatic carboxylic acids is 1. The van der Waals surface area contributed by atoms with Crippen molar-refractivity contribution in [2.24, 2.45) is 0 Å². The number of para-hydroxylation sites is 1. The van der Waals surface area contributed by atoms with E-state index in [1.54, 1.807) is 18.2 Å². The number of fused-ring (bicyclic) bond motifs is 1. The number of ether oxygens (including phenoxy) is 2. The molecule has 0 aliphatic carbocycles. The van der Waals surface area contributed by atoms with E-state index in [1.807, 2.05) is 0 Å². The zero-order valence-corrected chi connectivity index (χ0v) is 11.2. The van der Waals surface area contributed by atoms with Gasteiger partial charge in [-0.1, -0.05) is 6.07 Å². The first-order chi connectivity index (χ1) is 10.1. The molecule has 0 radical (unpaired) electrons. The van der Waals surface area contributed by atoms with Crippen LogP contribution in [0.3, 0.4) is 0 Å². The maximum absolute atomic E-state index is 12.6. The predicted octanol–water partition coefficient (Wildman–Crippen LogP) is 0.118. The number of aliphatic hydroxyl groups excluding tert-OH is 1. The van der Waals surface area contributed by atoms with Gasteiger partial charge in [-0.15, -0.1) is 0 Å². The molecule has 0 aromatic heterocycles. The minimum atomic E-state index is -1.12. The van der Waals surface area contributed by atoms with Crippen LogP contribution < -0.4 is 9.47 Å². The maximum atomic E-state index is 12.6. The standard InChI is InChI=1S/C14H15NO6/c16-8-6-10(14(18)19)15(7-8)13(17)9-2-1-3-11-12(9)21-5-4-20-11/h1-3,8,10,16H,4-7H2,(H,18,19)/t8-,10-/m1/s1. The van der Waals surface area contributed by atoms with Crippen LogP contribution in [-0.4, -0.2) is 58.9 Å². The van der Waals surface area contributed by atoms with Gasteiger partial charge < -0.3 is 24.6 Å².